The third kappa shape index (κ3) is 6.14. The molecule has 0 aromatic carbocycles. The molecule has 0 spiro atoms. The van der Waals surface area contributed by atoms with Gasteiger partial charge in [-0.15, -0.1) is 0 Å². The highest BCUT2D eigenvalue weighted by Crippen LogP contribution is 2.37. The molecular weight excluding hydrogens is 426 g/mol. The average molecular weight is 465 g/mol. The number of rotatable bonds is 6. The quantitative estimate of drug-likeness (QED) is 0.618. The van der Waals surface area contributed by atoms with Crippen LogP contribution in [-0.2, 0) is 14.0 Å². The summed E-state index contributed by atoms with van der Waals surface area (Å²) in [5, 5.41) is 9.75. The van der Waals surface area contributed by atoms with E-state index >= 15 is 0 Å². The van der Waals surface area contributed by atoms with Crippen LogP contribution in [0.25, 0.3) is 11.0 Å². The molecule has 32 heavy (non-hydrogen) atoms. The first-order chi connectivity index (χ1) is 15.1. The van der Waals surface area contributed by atoms with Gasteiger partial charge in [-0.2, -0.15) is 9.78 Å². The predicted octanol–water partition coefficient (Wildman–Crippen LogP) is 4.15. The first-order valence-corrected chi connectivity index (χ1v) is 13.6. The maximum absolute atomic E-state index is 13.0. The molecule has 0 aliphatic rings. The summed E-state index contributed by atoms with van der Waals surface area (Å²) in [5.74, 6) is -0.0348. The van der Waals surface area contributed by atoms with Crippen molar-refractivity contribution in [2.75, 3.05) is 12.3 Å². The Kier molecular flexibility index (Phi) is 7.06. The van der Waals surface area contributed by atoms with Crippen LogP contribution >= 0.6 is 0 Å². The molecule has 10 heteroatoms. The Morgan fingerprint density at radius 1 is 1.19 bits per heavy atom. The minimum atomic E-state index is -2.11. The number of amides is 1. The van der Waals surface area contributed by atoms with Gasteiger partial charge in [0.05, 0.1) is 17.8 Å². The van der Waals surface area contributed by atoms with Crippen LogP contribution in [-0.4, -0.2) is 59.9 Å². The van der Waals surface area contributed by atoms with E-state index in [1.54, 1.807) is 32.9 Å². The second-order valence-corrected chi connectivity index (χ2v) is 15.1. The van der Waals surface area contributed by atoms with Gasteiger partial charge in [-0.1, -0.05) is 20.8 Å². The molecule has 0 bridgehead atoms. The van der Waals surface area contributed by atoms with Crippen LogP contribution in [0.1, 0.15) is 49.8 Å². The second kappa shape index (κ2) is 9.28. The zero-order valence-electron chi connectivity index (χ0n) is 21.6. The molecule has 2 rings (SSSR count). The van der Waals surface area contributed by atoms with Crippen LogP contribution in [0.3, 0.4) is 0 Å². The fourth-order valence-corrected chi connectivity index (χ4v) is 4.24. The normalized spacial score (nSPS) is 15.2. The van der Waals surface area contributed by atoms with Crippen LogP contribution in [0.5, 0.6) is 0 Å². The molecule has 0 fully saturated rings. The Hall–Kier alpha value is -2.30. The first kappa shape index (κ1) is 24.3. The maximum Gasteiger partial charge on any atom is 0.435 e. The summed E-state index contributed by atoms with van der Waals surface area (Å²) >= 11 is 0. The monoisotopic (exact) mass is 464 g/mol. The van der Waals surface area contributed by atoms with Crippen molar-refractivity contribution in [1.29, 1.82) is 0 Å². The van der Waals surface area contributed by atoms with E-state index in [2.05, 4.69) is 54.6 Å². The number of pyridine rings is 1. The first-order valence-electron chi connectivity index (χ1n) is 11.4. The predicted molar refractivity (Wildman–Crippen MR) is 128 cm³/mol. The summed E-state index contributed by atoms with van der Waals surface area (Å²) in [6.45, 7) is 17.8. The summed E-state index contributed by atoms with van der Waals surface area (Å²) in [5.41, 5.74) is 0.256. The number of ether oxygens (including phenoxy) is 1. The topological polar surface area (TPSA) is 107 Å². The number of nitrogens with one attached hydrogen (secondary N) is 2. The number of hydrogen-bond acceptors (Lipinski definition) is 7. The van der Waals surface area contributed by atoms with Crippen LogP contribution < -0.4 is 10.6 Å². The molecule has 0 aliphatic carbocycles. The summed E-state index contributed by atoms with van der Waals surface area (Å²) in [4.78, 5) is 29.8. The van der Waals surface area contributed by atoms with Gasteiger partial charge in [0, 0.05) is 1.37 Å². The SMILES string of the molecule is [2H]CN[C@H](C(=O)Nc1ccc2c(cnn2C(=O)OC(C)(C)C)n1)[C@H](C)O[Si](C)(C)C(C)(C)C. The molecule has 1 amide bonds. The van der Waals surface area contributed by atoms with Crippen molar-refractivity contribution in [2.45, 2.75) is 84.3 Å². The van der Waals surface area contributed by atoms with Gasteiger partial charge in [0.15, 0.2) is 8.32 Å². The Morgan fingerprint density at radius 3 is 2.41 bits per heavy atom. The van der Waals surface area contributed by atoms with Crippen molar-refractivity contribution in [3.8, 4) is 0 Å². The van der Waals surface area contributed by atoms with Crippen molar-refractivity contribution < 1.29 is 20.1 Å². The zero-order chi connectivity index (χ0) is 25.2. The van der Waals surface area contributed by atoms with E-state index in [4.69, 9.17) is 10.5 Å². The standard InChI is InChI=1S/C22H37N5O4Si/c1-14(31-32(9,10)22(5,6)7)18(23-8)19(28)26-17-12-11-16-15(25-17)13-24-27(16)20(29)30-21(2,3)4/h11-14,18,23H,1-10H3,(H,25,26,28)/t14-,18-/m0/s1/i8D. The summed E-state index contributed by atoms with van der Waals surface area (Å²) in [7, 11) is -2.24. The van der Waals surface area contributed by atoms with Crippen molar-refractivity contribution in [2.24, 2.45) is 0 Å². The third-order valence-corrected chi connectivity index (χ3v) is 10.1. The number of fused-ring (bicyclic) bond motifs is 1. The number of nitrogens with zero attached hydrogens (tertiary/aromatic N) is 3. The van der Waals surface area contributed by atoms with E-state index in [-0.39, 0.29) is 18.0 Å². The van der Waals surface area contributed by atoms with Crippen molar-refractivity contribution in [3.63, 3.8) is 0 Å². The Balaban J connectivity index is 2.19. The molecule has 2 N–H and O–H groups in total. The summed E-state index contributed by atoms with van der Waals surface area (Å²) in [6.07, 6.45) is 0.403. The van der Waals surface area contributed by atoms with E-state index < -0.39 is 32.2 Å². The molecule has 0 aliphatic heterocycles. The van der Waals surface area contributed by atoms with Gasteiger partial charge < -0.3 is 19.8 Å². The van der Waals surface area contributed by atoms with Gasteiger partial charge >= 0.3 is 6.09 Å². The van der Waals surface area contributed by atoms with Gasteiger partial charge in [-0.25, -0.2) is 9.78 Å². The highest BCUT2D eigenvalue weighted by molar-refractivity contribution is 6.74. The van der Waals surface area contributed by atoms with E-state index in [9.17, 15) is 9.59 Å². The number of aromatic nitrogens is 3. The number of anilines is 1. The molecule has 0 saturated heterocycles. The Morgan fingerprint density at radius 2 is 1.84 bits per heavy atom. The lowest BCUT2D eigenvalue weighted by molar-refractivity contribution is -0.120. The number of carbonyl (C=O) groups is 2. The van der Waals surface area contributed by atoms with Gasteiger partial charge in [0.2, 0.25) is 5.91 Å². The molecule has 2 aromatic rings. The zero-order valence-corrected chi connectivity index (χ0v) is 21.6. The van der Waals surface area contributed by atoms with Crippen molar-refractivity contribution >= 4 is 37.2 Å². The van der Waals surface area contributed by atoms with E-state index in [0.29, 0.717) is 16.9 Å². The van der Waals surface area contributed by atoms with Crippen molar-refractivity contribution in [1.82, 2.24) is 20.1 Å². The van der Waals surface area contributed by atoms with E-state index in [1.165, 1.54) is 6.20 Å². The highest BCUT2D eigenvalue weighted by atomic mass is 28.4. The third-order valence-electron chi connectivity index (χ3n) is 5.50. The van der Waals surface area contributed by atoms with Crippen LogP contribution in [0.2, 0.25) is 18.1 Å². The molecule has 0 radical (unpaired) electrons. The molecule has 2 heterocycles. The summed E-state index contributed by atoms with van der Waals surface area (Å²) in [6, 6.07) is 2.52. The number of likely N-dealkylation sites (N-methyl/N-ethyl adjacent to an activating group) is 1. The number of carbonyl (C=O) groups excluding carboxylic acids is 2. The van der Waals surface area contributed by atoms with Crippen LogP contribution in [0.15, 0.2) is 18.3 Å². The molecular formula is C22H37N5O4Si. The van der Waals surface area contributed by atoms with Crippen LogP contribution in [0, 0.1) is 0 Å². The molecule has 0 unspecified atom stereocenters. The lowest BCUT2D eigenvalue weighted by Crippen LogP contribution is -2.53. The van der Waals surface area contributed by atoms with E-state index in [1.807, 2.05) is 6.92 Å². The molecule has 2 atom stereocenters. The largest absolute Gasteiger partial charge is 0.442 e. The van der Waals surface area contributed by atoms with Gasteiger partial charge in [-0.3, -0.25) is 4.79 Å². The highest BCUT2D eigenvalue weighted by Gasteiger charge is 2.40. The maximum atomic E-state index is 13.0. The minimum Gasteiger partial charge on any atom is -0.442 e. The van der Waals surface area contributed by atoms with Crippen molar-refractivity contribution in [3.05, 3.63) is 18.3 Å². The molecule has 2 aromatic heterocycles. The van der Waals surface area contributed by atoms with Gasteiger partial charge in [0.25, 0.3) is 0 Å². The Labute approximate surface area is 192 Å². The lowest BCUT2D eigenvalue weighted by atomic mass is 10.1. The fourth-order valence-electron chi connectivity index (χ4n) is 2.82. The average Bonchev–Trinajstić information content (AvgIpc) is 3.06. The number of hydrogen-bond donors (Lipinski definition) is 2. The minimum absolute atomic E-state index is 0.00978. The second-order valence-electron chi connectivity index (χ2n) is 10.4. The smallest absolute Gasteiger partial charge is 0.435 e. The molecule has 9 nitrogen and oxygen atoms in total. The van der Waals surface area contributed by atoms with E-state index in [0.717, 1.165) is 4.68 Å². The van der Waals surface area contributed by atoms with Gasteiger partial charge in [-0.05, 0) is 65.0 Å². The molecule has 0 saturated carbocycles. The Bertz CT molecular complexity index is 997. The van der Waals surface area contributed by atoms with Crippen LogP contribution in [0.4, 0.5) is 10.6 Å². The lowest BCUT2D eigenvalue weighted by Gasteiger charge is -2.40. The fraction of sp³-hybridized carbons (Fsp3) is 0.636. The summed E-state index contributed by atoms with van der Waals surface area (Å²) < 4.78 is 20.4. The van der Waals surface area contributed by atoms with Gasteiger partial charge in [0.1, 0.15) is 23.0 Å². The molecule has 178 valence electrons.